The van der Waals surface area contributed by atoms with Gasteiger partial charge in [0.2, 0.25) is 0 Å². The molecule has 0 saturated heterocycles. The fourth-order valence-corrected chi connectivity index (χ4v) is 2.52. The van der Waals surface area contributed by atoms with E-state index in [9.17, 15) is 0 Å². The Balaban J connectivity index is -0.000000167. The summed E-state index contributed by atoms with van der Waals surface area (Å²) in [5.74, 6) is 0. The summed E-state index contributed by atoms with van der Waals surface area (Å²) < 4.78 is 0. The van der Waals surface area contributed by atoms with Gasteiger partial charge in [0.1, 0.15) is 0 Å². The second kappa shape index (κ2) is 38.5. The van der Waals surface area contributed by atoms with Crippen LogP contribution in [0, 0.1) is 12.5 Å². The Hall–Kier alpha value is -1.03. The van der Waals surface area contributed by atoms with E-state index in [1.54, 1.807) is 0 Å². The summed E-state index contributed by atoms with van der Waals surface area (Å²) in [5, 5.41) is 0. The van der Waals surface area contributed by atoms with Crippen LogP contribution in [0.3, 0.4) is 0 Å². The summed E-state index contributed by atoms with van der Waals surface area (Å²) in [6, 6.07) is 52.5. The Morgan fingerprint density at radius 3 is 0.778 bits per heavy atom. The molecule has 6 rings (SSSR count). The summed E-state index contributed by atoms with van der Waals surface area (Å²) in [7, 11) is 0. The average molecular weight is 674 g/mol. The van der Waals surface area contributed by atoms with Crippen molar-refractivity contribution >= 4 is 0 Å². The number of hydrogen-bond acceptors (Lipinski definition) is 0. The van der Waals surface area contributed by atoms with Crippen molar-refractivity contribution in [1.82, 2.24) is 0 Å². The zero-order valence-electron chi connectivity index (χ0n) is 20.8. The molecule has 5 aromatic carbocycles. The van der Waals surface area contributed by atoms with Crippen LogP contribution in [0.15, 0.2) is 152 Å². The van der Waals surface area contributed by atoms with Crippen molar-refractivity contribution in [3.8, 4) is 0 Å². The number of hydrogen-bond donors (Lipinski definition) is 0. The van der Waals surface area contributed by atoms with Gasteiger partial charge in [-0.2, -0.15) is 122 Å². The minimum absolute atomic E-state index is 0. The smallest absolute Gasteiger partial charge is 1.00 e. The third kappa shape index (κ3) is 35.1. The van der Waals surface area contributed by atoms with Gasteiger partial charge in [-0.1, -0.05) is 19.3 Å². The molecule has 0 radical (unpaired) electrons. The molecule has 186 valence electrons. The monoisotopic (exact) mass is 670 g/mol. The summed E-state index contributed by atoms with van der Waals surface area (Å²) in [6.45, 7) is 0. The third-order valence-electron chi connectivity index (χ3n) is 4.15. The summed E-state index contributed by atoms with van der Waals surface area (Å²) in [4.78, 5) is 0. The van der Waals surface area contributed by atoms with Gasteiger partial charge in [-0.3, -0.25) is 0 Å². The maximum absolute atomic E-state index is 2.89. The largest absolute Gasteiger partial charge is 4.00 e. The van der Waals surface area contributed by atoms with Gasteiger partial charge in [-0.25, -0.2) is 48.5 Å². The molecule has 0 aliphatic heterocycles. The van der Waals surface area contributed by atoms with Crippen molar-refractivity contribution in [1.29, 1.82) is 0 Å². The maximum Gasteiger partial charge on any atom is 4.00 e. The van der Waals surface area contributed by atoms with E-state index < -0.39 is 0 Å². The second-order valence-corrected chi connectivity index (χ2v) is 6.85. The van der Waals surface area contributed by atoms with Crippen molar-refractivity contribution in [2.24, 2.45) is 0 Å². The van der Waals surface area contributed by atoms with Gasteiger partial charge in [0.25, 0.3) is 0 Å². The van der Waals surface area contributed by atoms with E-state index in [0.717, 1.165) is 0 Å². The van der Waals surface area contributed by atoms with Crippen LogP contribution in [-0.2, 0) is 52.4 Å². The van der Waals surface area contributed by atoms with Gasteiger partial charge >= 0.3 is 52.4 Å². The molecule has 0 bridgehead atoms. The van der Waals surface area contributed by atoms with E-state index in [0.29, 0.717) is 0 Å². The molecule has 0 atom stereocenters. The predicted octanol–water partition coefficient (Wildman–Crippen LogP) is 3.27. The minimum atomic E-state index is 0. The molecule has 1 saturated carbocycles. The first-order valence-corrected chi connectivity index (χ1v) is 11.4. The van der Waals surface area contributed by atoms with Crippen LogP contribution in [0.2, 0.25) is 0 Å². The minimum Gasteiger partial charge on any atom is -1.00 e. The average Bonchev–Trinajstić information content (AvgIpc) is 3.73. The van der Waals surface area contributed by atoms with Gasteiger partial charge in [0.15, 0.2) is 0 Å². The van der Waals surface area contributed by atoms with Crippen molar-refractivity contribution < 1.29 is 77.2 Å². The van der Waals surface area contributed by atoms with Crippen LogP contribution < -0.4 is 24.8 Å². The molecular formula is C32H36Cl2Zr2. The van der Waals surface area contributed by atoms with E-state index in [1.165, 1.54) is 32.1 Å². The van der Waals surface area contributed by atoms with Crippen molar-refractivity contribution in [2.45, 2.75) is 32.1 Å². The van der Waals surface area contributed by atoms with E-state index >= 15 is 0 Å². The Morgan fingerprint density at radius 2 is 0.694 bits per heavy atom. The fourth-order valence-electron chi connectivity index (χ4n) is 2.52. The number of halogens is 2. The van der Waals surface area contributed by atoms with Crippen molar-refractivity contribution in [3.63, 3.8) is 0 Å². The molecule has 0 unspecified atom stereocenters. The molecule has 0 aromatic heterocycles. The molecule has 1 fully saturated rings. The van der Waals surface area contributed by atoms with Crippen molar-refractivity contribution in [2.75, 3.05) is 0 Å². The van der Waals surface area contributed by atoms with Crippen LogP contribution in [-0.4, -0.2) is 0 Å². The van der Waals surface area contributed by atoms with E-state index in [-0.39, 0.29) is 77.2 Å². The molecule has 5 aromatic rings. The number of rotatable bonds is 0. The summed E-state index contributed by atoms with van der Waals surface area (Å²) >= 11 is 0. The Kier molecular flexibility index (Phi) is 45.0. The molecule has 36 heavy (non-hydrogen) atoms. The molecule has 0 heterocycles. The van der Waals surface area contributed by atoms with Crippen molar-refractivity contribution in [3.05, 3.63) is 164 Å². The molecular weight excluding hydrogens is 638 g/mol. The molecule has 0 spiro atoms. The van der Waals surface area contributed by atoms with Crippen LogP contribution >= 0.6 is 0 Å². The fraction of sp³-hybridized carbons (Fsp3) is 0.156. The van der Waals surface area contributed by atoms with E-state index in [1.807, 2.05) is 152 Å². The molecule has 0 nitrogen and oxygen atoms in total. The van der Waals surface area contributed by atoms with Gasteiger partial charge in [0.05, 0.1) is 0 Å². The van der Waals surface area contributed by atoms with Gasteiger partial charge < -0.3 is 31.2 Å². The SMILES string of the molecule is [CH-]1CCCCC1.[Cl-].[Cl-].[Zr+4].[Zr+4].[c-]1ccccc1.c1cc[cH-]c1.c1cc[cH-]c1.c1cc[cH-]c1.c1cc[cH-]c1. The Labute approximate surface area is 271 Å². The zero-order valence-corrected chi connectivity index (χ0v) is 27.2. The maximum atomic E-state index is 2.89. The Bertz CT molecular complexity index is 607. The third-order valence-corrected chi connectivity index (χ3v) is 4.15. The standard InChI is InChI=1S/C6H11.C6H5.4C5H5.2ClH.2Zr/c2*1-2-4-6-5-3-1;4*1-2-4-5-3-1;;;;/h1H,2-6H2;1-5H;4*1-5H;2*1H;;/q6*-1;;;2*+4/p-2. The topological polar surface area (TPSA) is 0 Å². The zero-order chi connectivity index (χ0) is 22.6. The van der Waals surface area contributed by atoms with Gasteiger partial charge in [-0.05, 0) is 0 Å². The molecule has 0 N–H and O–H groups in total. The normalized spacial score (nSPS) is 9.78. The Morgan fingerprint density at radius 1 is 0.389 bits per heavy atom. The quantitative estimate of drug-likeness (QED) is 0.222. The first-order valence-electron chi connectivity index (χ1n) is 11.4. The van der Waals surface area contributed by atoms with Crippen LogP contribution in [0.25, 0.3) is 0 Å². The molecule has 1 aliphatic carbocycles. The molecule has 4 heteroatoms. The first kappa shape index (κ1) is 42.1. The van der Waals surface area contributed by atoms with E-state index in [2.05, 4.69) is 12.5 Å². The van der Waals surface area contributed by atoms with Gasteiger partial charge in [0, 0.05) is 0 Å². The summed E-state index contributed by atoms with van der Waals surface area (Å²) in [6.07, 6.45) is 9.50. The molecule has 1 aliphatic rings. The van der Waals surface area contributed by atoms with E-state index in [4.69, 9.17) is 0 Å². The number of benzene rings is 1. The second-order valence-electron chi connectivity index (χ2n) is 6.85. The van der Waals surface area contributed by atoms with Crippen LogP contribution in [0.5, 0.6) is 0 Å². The summed E-state index contributed by atoms with van der Waals surface area (Å²) in [5.41, 5.74) is 0. The van der Waals surface area contributed by atoms with Gasteiger partial charge in [-0.15, -0.1) is 0 Å². The predicted molar refractivity (Wildman–Crippen MR) is 141 cm³/mol. The van der Waals surface area contributed by atoms with Crippen LogP contribution in [0.1, 0.15) is 32.1 Å². The van der Waals surface area contributed by atoms with Crippen LogP contribution in [0.4, 0.5) is 0 Å². The first-order chi connectivity index (χ1) is 16.0. The molecule has 0 amide bonds.